The van der Waals surface area contributed by atoms with Crippen molar-refractivity contribution >= 4 is 58.2 Å². The van der Waals surface area contributed by atoms with E-state index in [0.29, 0.717) is 38.3 Å². The van der Waals surface area contributed by atoms with E-state index in [0.717, 1.165) is 11.1 Å². The lowest BCUT2D eigenvalue weighted by Crippen LogP contribution is -2.53. The molecule has 2 aliphatic carbocycles. The molecule has 2 heterocycles. The first-order valence-electron chi connectivity index (χ1n) is 17.0. The molecule has 2 aliphatic heterocycles. The zero-order valence-electron chi connectivity index (χ0n) is 27.7. The highest BCUT2D eigenvalue weighted by atomic mass is 35.5. The van der Waals surface area contributed by atoms with Crippen molar-refractivity contribution in [2.75, 3.05) is 23.0 Å². The van der Waals surface area contributed by atoms with Gasteiger partial charge in [-0.15, -0.1) is 0 Å². The molecule has 0 radical (unpaired) electrons. The zero-order valence-corrected chi connectivity index (χ0v) is 29.2. The van der Waals surface area contributed by atoms with E-state index in [1.54, 1.807) is 48.5 Å². The van der Waals surface area contributed by atoms with Gasteiger partial charge in [0.25, 0.3) is 0 Å². The Hall–Kier alpha value is -4.76. The van der Waals surface area contributed by atoms with Crippen molar-refractivity contribution in [1.82, 2.24) is 0 Å². The first kappa shape index (κ1) is 33.4. The molecule has 0 unspecified atom stereocenters. The van der Waals surface area contributed by atoms with Gasteiger partial charge in [-0.25, -0.2) is 9.80 Å². The first-order chi connectivity index (χ1) is 24.7. The van der Waals surface area contributed by atoms with Gasteiger partial charge in [0.15, 0.2) is 0 Å². The van der Waals surface area contributed by atoms with Gasteiger partial charge in [-0.3, -0.25) is 19.2 Å². The van der Waals surface area contributed by atoms with Gasteiger partial charge in [-0.1, -0.05) is 95.5 Å². The quantitative estimate of drug-likeness (QED) is 0.162. The molecule has 258 valence electrons. The molecule has 4 amide bonds. The predicted molar refractivity (Wildman–Crippen MR) is 194 cm³/mol. The monoisotopic (exact) mass is 720 g/mol. The molecule has 4 aliphatic rings. The second kappa shape index (κ2) is 12.8. The van der Waals surface area contributed by atoms with Crippen molar-refractivity contribution in [1.29, 1.82) is 0 Å². The number of hydrogen-bond acceptors (Lipinski definition) is 6. The van der Waals surface area contributed by atoms with E-state index in [9.17, 15) is 19.5 Å². The fourth-order valence-corrected chi connectivity index (χ4v) is 9.43. The summed E-state index contributed by atoms with van der Waals surface area (Å²) in [5.41, 5.74) is 2.28. The molecule has 0 spiro atoms. The second-order valence-electron chi connectivity index (χ2n) is 13.6. The van der Waals surface area contributed by atoms with Gasteiger partial charge in [0, 0.05) is 21.5 Å². The van der Waals surface area contributed by atoms with Gasteiger partial charge in [0.05, 0.1) is 41.2 Å². The van der Waals surface area contributed by atoms with E-state index in [1.807, 2.05) is 61.5 Å². The molecular formula is C41H34Cl2N2O6. The van der Waals surface area contributed by atoms with Crippen LogP contribution in [-0.4, -0.2) is 41.9 Å². The number of aryl methyl sites for hydroxylation is 1. The molecule has 0 aromatic heterocycles. The average molecular weight is 722 g/mol. The van der Waals surface area contributed by atoms with Gasteiger partial charge in [-0.2, -0.15) is 0 Å². The molecule has 2 saturated heterocycles. The van der Waals surface area contributed by atoms with Crippen LogP contribution in [0.1, 0.15) is 35.4 Å². The van der Waals surface area contributed by atoms with Crippen molar-refractivity contribution in [3.8, 4) is 5.75 Å². The highest BCUT2D eigenvalue weighted by Gasteiger charge is 2.70. The van der Waals surface area contributed by atoms with Gasteiger partial charge >= 0.3 is 0 Å². The number of para-hydroxylation sites is 1. The van der Waals surface area contributed by atoms with Crippen molar-refractivity contribution in [2.24, 2.45) is 23.7 Å². The summed E-state index contributed by atoms with van der Waals surface area (Å²) in [6.45, 7) is 1.64. The number of aliphatic hydroxyl groups excluding tert-OH is 1. The Kier molecular flexibility index (Phi) is 8.37. The molecule has 1 saturated carbocycles. The van der Waals surface area contributed by atoms with E-state index in [1.165, 1.54) is 9.80 Å². The van der Waals surface area contributed by atoms with Crippen molar-refractivity contribution < 1.29 is 29.0 Å². The molecule has 3 fully saturated rings. The highest BCUT2D eigenvalue weighted by molar-refractivity contribution is 6.33. The lowest BCUT2D eigenvalue weighted by molar-refractivity contribution is -0.127. The molecule has 10 heteroatoms. The number of carbonyl (C=O) groups excluding carboxylic acids is 4. The summed E-state index contributed by atoms with van der Waals surface area (Å²) in [7, 11) is 0. The van der Waals surface area contributed by atoms with Crippen LogP contribution in [0.5, 0.6) is 5.75 Å². The van der Waals surface area contributed by atoms with E-state index in [-0.39, 0.29) is 37.9 Å². The summed E-state index contributed by atoms with van der Waals surface area (Å²) in [5, 5.41) is 10.6. The number of nitrogens with zero attached hydrogens (tertiary/aromatic N) is 2. The molecule has 8 rings (SSSR count). The Morgan fingerprint density at radius 2 is 1.55 bits per heavy atom. The lowest BCUT2D eigenvalue weighted by atomic mass is 9.49. The Labute approximate surface area is 305 Å². The number of amides is 4. The third-order valence-electron chi connectivity index (χ3n) is 11.2. The van der Waals surface area contributed by atoms with Gasteiger partial charge in [-0.05, 0) is 73.2 Å². The molecule has 8 nitrogen and oxygen atoms in total. The number of benzene rings is 4. The third kappa shape index (κ3) is 4.99. The standard InChI is InChI=1S/C41H34Cl2N2O6/c1-23-14-15-27(21-33(23)43)44-37(47)30-17-16-28-31(35(30)39(44)49)22-32-38(48)45(26-11-7-10-25(42)20-26)40(50)41(32,24-8-3-2-4-9-24)36(28)29-12-5-6-13-34(29)51-19-18-46/h2-16,20-21,30-32,35-36,46H,17-19,22H2,1H3/t30-,31+,32-,35-,36+,41+/m0/s1. The number of imide groups is 2. The largest absolute Gasteiger partial charge is 0.491 e. The second-order valence-corrected chi connectivity index (χ2v) is 14.5. The SMILES string of the molecule is Cc1ccc(N2C(=O)[C@H]3[C@H](CC=C4[C@H]3C[C@H]3C(=O)N(c5cccc(Cl)c5)C(=O)[C@@]3(c3ccccc3)[C@H]4c3ccccc3OCCO)C2=O)cc1Cl. The highest BCUT2D eigenvalue weighted by Crippen LogP contribution is 2.65. The van der Waals surface area contributed by atoms with Crippen LogP contribution < -0.4 is 14.5 Å². The minimum Gasteiger partial charge on any atom is -0.491 e. The minimum atomic E-state index is -1.44. The number of carbonyl (C=O) groups is 4. The summed E-state index contributed by atoms with van der Waals surface area (Å²) in [4.78, 5) is 61.5. The van der Waals surface area contributed by atoms with E-state index in [4.69, 9.17) is 27.9 Å². The number of rotatable bonds is 7. The lowest BCUT2D eigenvalue weighted by Gasteiger charge is -2.51. The van der Waals surface area contributed by atoms with Gasteiger partial charge in [0.2, 0.25) is 23.6 Å². The van der Waals surface area contributed by atoms with Crippen molar-refractivity contribution in [2.45, 2.75) is 31.1 Å². The molecule has 0 bridgehead atoms. The van der Waals surface area contributed by atoms with Crippen LogP contribution in [0.25, 0.3) is 0 Å². The van der Waals surface area contributed by atoms with Crippen LogP contribution >= 0.6 is 23.2 Å². The summed E-state index contributed by atoms with van der Waals surface area (Å²) < 4.78 is 6.11. The number of allylic oxidation sites excluding steroid dienone is 2. The van der Waals surface area contributed by atoms with Crippen LogP contribution in [0.15, 0.2) is 109 Å². The van der Waals surface area contributed by atoms with Crippen molar-refractivity contribution in [3.05, 3.63) is 135 Å². The average Bonchev–Trinajstić information content (AvgIpc) is 3.53. The Bertz CT molecular complexity index is 2140. The van der Waals surface area contributed by atoms with Crippen LogP contribution in [0.3, 0.4) is 0 Å². The first-order valence-corrected chi connectivity index (χ1v) is 17.8. The number of halogens is 2. The third-order valence-corrected chi connectivity index (χ3v) is 11.8. The molecule has 51 heavy (non-hydrogen) atoms. The summed E-state index contributed by atoms with van der Waals surface area (Å²) in [6.07, 6.45) is 2.46. The van der Waals surface area contributed by atoms with E-state index in [2.05, 4.69) is 0 Å². The molecule has 4 aromatic rings. The maximum atomic E-state index is 15.4. The maximum Gasteiger partial charge on any atom is 0.246 e. The summed E-state index contributed by atoms with van der Waals surface area (Å²) in [5.74, 6) is -4.61. The number of ether oxygens (including phenoxy) is 1. The van der Waals surface area contributed by atoms with Crippen molar-refractivity contribution in [3.63, 3.8) is 0 Å². The van der Waals surface area contributed by atoms with Gasteiger partial charge < -0.3 is 9.84 Å². The fourth-order valence-electron chi connectivity index (χ4n) is 9.07. The number of anilines is 2. The number of aliphatic hydroxyl groups is 1. The van der Waals surface area contributed by atoms with Gasteiger partial charge in [0.1, 0.15) is 12.4 Å². The Balaban J connectivity index is 1.35. The molecule has 1 N–H and O–H groups in total. The van der Waals surface area contributed by atoms with Crippen LogP contribution in [0.4, 0.5) is 11.4 Å². The topological polar surface area (TPSA) is 104 Å². The fraction of sp³-hybridized carbons (Fsp3) is 0.268. The minimum absolute atomic E-state index is 0.0151. The normalized spacial score (nSPS) is 26.9. The van der Waals surface area contributed by atoms with E-state index < -0.39 is 46.8 Å². The predicted octanol–water partition coefficient (Wildman–Crippen LogP) is 7.04. The summed E-state index contributed by atoms with van der Waals surface area (Å²) >= 11 is 12.9. The van der Waals surface area contributed by atoms with Crippen LogP contribution in [0.2, 0.25) is 10.0 Å². The Morgan fingerprint density at radius 3 is 2.29 bits per heavy atom. The molecule has 6 atom stereocenters. The number of fused-ring (bicyclic) bond motifs is 4. The maximum absolute atomic E-state index is 15.4. The van der Waals surface area contributed by atoms with Crippen LogP contribution in [0, 0.1) is 30.6 Å². The molecule has 4 aromatic carbocycles. The number of hydrogen-bond donors (Lipinski definition) is 1. The molecular weight excluding hydrogens is 687 g/mol. The Morgan fingerprint density at radius 1 is 0.804 bits per heavy atom. The van der Waals surface area contributed by atoms with E-state index >= 15 is 4.79 Å². The zero-order chi connectivity index (χ0) is 35.6. The summed E-state index contributed by atoms with van der Waals surface area (Å²) in [6, 6.07) is 28.5. The van der Waals surface area contributed by atoms with Crippen LogP contribution in [-0.2, 0) is 24.6 Å². The smallest absolute Gasteiger partial charge is 0.246 e.